The summed E-state index contributed by atoms with van der Waals surface area (Å²) < 4.78 is 11.4. The van der Waals surface area contributed by atoms with Gasteiger partial charge in [-0.2, -0.15) is 12.6 Å². The summed E-state index contributed by atoms with van der Waals surface area (Å²) in [7, 11) is 0. The highest BCUT2D eigenvalue weighted by molar-refractivity contribution is 7.80. The van der Waals surface area contributed by atoms with Crippen molar-refractivity contribution in [1.82, 2.24) is 5.32 Å². The molecule has 0 spiro atoms. The number of unbranched alkanes of at least 4 members (excludes halogenated alkanes) is 33. The van der Waals surface area contributed by atoms with Gasteiger partial charge in [0.15, 0.2) is 6.29 Å². The molecule has 358 valence electrons. The first-order chi connectivity index (χ1) is 29.3. The molecule has 1 rings (SSSR count). The quantitative estimate of drug-likeness (QED) is 0.0236. The fourth-order valence-corrected chi connectivity index (χ4v) is 8.91. The molecule has 9 nitrogen and oxygen atoms in total. The van der Waals surface area contributed by atoms with E-state index in [4.69, 9.17) is 9.47 Å². The maximum atomic E-state index is 13.1. The lowest BCUT2D eigenvalue weighted by Crippen LogP contribution is -2.60. The second-order valence-corrected chi connectivity index (χ2v) is 18.8. The van der Waals surface area contributed by atoms with Crippen LogP contribution in [-0.4, -0.2) is 92.8 Å². The minimum atomic E-state index is -1.52. The summed E-state index contributed by atoms with van der Waals surface area (Å²) in [6, 6.07) is -0.941. The van der Waals surface area contributed by atoms with Gasteiger partial charge in [-0.15, -0.1) is 0 Å². The SMILES string of the molecule is CCCCCCCCCCCCCCCCCCCCCCCCCC(=O)N[C@@H](CO[C@H]1OC(CS)[C@H](O)[C@H](O)C1O)C(O)[C@H](O)CCCCCCCCCCCCCC. The van der Waals surface area contributed by atoms with Crippen LogP contribution in [0, 0.1) is 0 Å². The number of carbonyl (C=O) groups is 1. The Balaban J connectivity index is 2.26. The molecule has 3 unspecified atom stereocenters. The maximum absolute atomic E-state index is 13.1. The molecule has 1 heterocycles. The smallest absolute Gasteiger partial charge is 0.220 e. The van der Waals surface area contributed by atoms with Gasteiger partial charge in [0.05, 0.1) is 24.9 Å². The Hall–Kier alpha value is -0.460. The van der Waals surface area contributed by atoms with Crippen molar-refractivity contribution in [2.75, 3.05) is 12.4 Å². The van der Waals surface area contributed by atoms with E-state index in [1.165, 1.54) is 186 Å². The van der Waals surface area contributed by atoms with E-state index < -0.39 is 49.0 Å². The standard InChI is InChI=1S/C50H99NO8S/c1-3-5-7-9-11-13-15-17-18-19-20-21-22-23-24-25-26-27-29-31-33-35-37-39-45(53)51-42(40-58-50-49(57)48(56)47(55)44(41-60)59-50)46(54)43(52)38-36-34-32-30-28-16-14-12-10-8-6-4-2/h42-44,46-50,52,54-57,60H,3-41H2,1-2H3,(H,51,53)/t42-,43+,44?,46?,47-,48-,49?,50-/m0/s1. The Bertz CT molecular complexity index is 931. The maximum Gasteiger partial charge on any atom is 0.220 e. The minimum Gasteiger partial charge on any atom is -0.390 e. The van der Waals surface area contributed by atoms with Crippen LogP contribution in [-0.2, 0) is 14.3 Å². The van der Waals surface area contributed by atoms with Crippen molar-refractivity contribution in [1.29, 1.82) is 0 Å². The molecule has 1 aliphatic heterocycles. The number of thiol groups is 1. The van der Waals surface area contributed by atoms with E-state index in [9.17, 15) is 30.3 Å². The van der Waals surface area contributed by atoms with Gasteiger partial charge in [-0.3, -0.25) is 4.79 Å². The van der Waals surface area contributed by atoms with Crippen LogP contribution in [0.5, 0.6) is 0 Å². The predicted molar refractivity (Wildman–Crippen MR) is 253 cm³/mol. The third-order valence-electron chi connectivity index (χ3n) is 12.8. The molecule has 10 heteroatoms. The van der Waals surface area contributed by atoms with Crippen LogP contribution in [0.15, 0.2) is 0 Å². The van der Waals surface area contributed by atoms with Crippen molar-refractivity contribution in [3.05, 3.63) is 0 Å². The molecule has 0 aromatic rings. The normalized spacial score (nSPS) is 21.0. The van der Waals surface area contributed by atoms with E-state index in [1.54, 1.807) is 0 Å². The molecule has 0 aliphatic carbocycles. The van der Waals surface area contributed by atoms with Gasteiger partial charge in [-0.05, 0) is 12.8 Å². The lowest BCUT2D eigenvalue weighted by atomic mass is 9.98. The number of carbonyl (C=O) groups excluding carboxylic acids is 1. The summed E-state index contributed by atoms with van der Waals surface area (Å²) in [5, 5.41) is 56.0. The molecule has 0 aromatic carbocycles. The first kappa shape index (κ1) is 57.6. The first-order valence-electron chi connectivity index (χ1n) is 25.8. The second-order valence-electron chi connectivity index (χ2n) is 18.5. The molecule has 0 bridgehead atoms. The van der Waals surface area contributed by atoms with Gasteiger partial charge in [0.2, 0.25) is 5.91 Å². The number of aliphatic hydroxyl groups excluding tert-OH is 5. The highest BCUT2D eigenvalue weighted by Gasteiger charge is 2.44. The third-order valence-corrected chi connectivity index (χ3v) is 13.2. The summed E-state index contributed by atoms with van der Waals surface area (Å²) in [5.41, 5.74) is 0. The first-order valence-corrected chi connectivity index (χ1v) is 26.5. The second kappa shape index (κ2) is 41.3. The highest BCUT2D eigenvalue weighted by Crippen LogP contribution is 2.24. The number of aliphatic hydroxyl groups is 5. The van der Waals surface area contributed by atoms with Crippen LogP contribution in [0.4, 0.5) is 0 Å². The zero-order valence-corrected chi connectivity index (χ0v) is 40.0. The fraction of sp³-hybridized carbons (Fsp3) is 0.980. The zero-order valence-electron chi connectivity index (χ0n) is 39.1. The Kier molecular flexibility index (Phi) is 39.6. The van der Waals surface area contributed by atoms with Crippen LogP contribution < -0.4 is 5.32 Å². The van der Waals surface area contributed by atoms with E-state index >= 15 is 0 Å². The molecule has 1 aliphatic rings. The number of hydrogen-bond acceptors (Lipinski definition) is 9. The lowest BCUT2D eigenvalue weighted by Gasteiger charge is -2.40. The Morgan fingerprint density at radius 2 is 0.883 bits per heavy atom. The van der Waals surface area contributed by atoms with E-state index in [1.807, 2.05) is 0 Å². The van der Waals surface area contributed by atoms with Crippen molar-refractivity contribution in [3.63, 3.8) is 0 Å². The molecular weight excluding hydrogens is 775 g/mol. The fourth-order valence-electron chi connectivity index (χ4n) is 8.61. The van der Waals surface area contributed by atoms with Crippen LogP contribution in [0.2, 0.25) is 0 Å². The highest BCUT2D eigenvalue weighted by atomic mass is 32.1. The third kappa shape index (κ3) is 30.6. The van der Waals surface area contributed by atoms with Crippen LogP contribution >= 0.6 is 12.6 Å². The predicted octanol–water partition coefficient (Wildman–Crippen LogP) is 11.4. The topological polar surface area (TPSA) is 149 Å². The van der Waals surface area contributed by atoms with Gasteiger partial charge >= 0.3 is 0 Å². The monoisotopic (exact) mass is 874 g/mol. The van der Waals surface area contributed by atoms with E-state index in [0.717, 1.165) is 38.5 Å². The van der Waals surface area contributed by atoms with Crippen LogP contribution in [0.1, 0.15) is 251 Å². The molecule has 0 aromatic heterocycles. The molecule has 60 heavy (non-hydrogen) atoms. The summed E-state index contributed by atoms with van der Waals surface area (Å²) in [4.78, 5) is 13.1. The van der Waals surface area contributed by atoms with Gasteiger partial charge in [0.1, 0.15) is 24.4 Å². The summed E-state index contributed by atoms with van der Waals surface area (Å²) in [6.07, 6.45) is 36.6. The Morgan fingerprint density at radius 3 is 1.25 bits per heavy atom. The summed E-state index contributed by atoms with van der Waals surface area (Å²) >= 11 is 4.17. The number of amides is 1. The number of ether oxygens (including phenoxy) is 2. The van der Waals surface area contributed by atoms with Crippen molar-refractivity contribution in [2.24, 2.45) is 0 Å². The molecule has 1 amide bonds. The van der Waals surface area contributed by atoms with Crippen LogP contribution in [0.25, 0.3) is 0 Å². The average molecular weight is 874 g/mol. The van der Waals surface area contributed by atoms with Gasteiger partial charge in [-0.25, -0.2) is 0 Å². The summed E-state index contributed by atoms with van der Waals surface area (Å²) in [5.74, 6) is -0.122. The van der Waals surface area contributed by atoms with E-state index in [0.29, 0.717) is 12.8 Å². The van der Waals surface area contributed by atoms with E-state index in [2.05, 4.69) is 31.8 Å². The number of rotatable bonds is 44. The lowest BCUT2D eigenvalue weighted by molar-refractivity contribution is -0.294. The Morgan fingerprint density at radius 1 is 0.533 bits per heavy atom. The van der Waals surface area contributed by atoms with Gasteiger partial charge in [0.25, 0.3) is 0 Å². The summed E-state index contributed by atoms with van der Waals surface area (Å²) in [6.45, 7) is 4.28. The van der Waals surface area contributed by atoms with Gasteiger partial charge in [-0.1, -0.05) is 232 Å². The van der Waals surface area contributed by atoms with E-state index in [-0.39, 0.29) is 18.3 Å². The van der Waals surface area contributed by atoms with Crippen molar-refractivity contribution in [2.45, 2.75) is 300 Å². The Labute approximate surface area is 375 Å². The zero-order chi connectivity index (χ0) is 43.9. The molecule has 1 saturated heterocycles. The number of nitrogens with one attached hydrogen (secondary N) is 1. The molecular formula is C50H99NO8S. The van der Waals surface area contributed by atoms with Crippen molar-refractivity contribution in [3.8, 4) is 0 Å². The van der Waals surface area contributed by atoms with Gasteiger partial charge in [0, 0.05) is 12.2 Å². The minimum absolute atomic E-state index is 0.102. The molecule has 6 N–H and O–H groups in total. The van der Waals surface area contributed by atoms with Gasteiger partial charge < -0.3 is 40.3 Å². The molecule has 0 saturated carbocycles. The molecule has 8 atom stereocenters. The molecule has 1 fully saturated rings. The largest absolute Gasteiger partial charge is 0.390 e. The van der Waals surface area contributed by atoms with Crippen molar-refractivity contribution < 1.29 is 39.8 Å². The molecule has 0 radical (unpaired) electrons. The number of hydrogen-bond donors (Lipinski definition) is 7. The average Bonchev–Trinajstić information content (AvgIpc) is 3.25. The van der Waals surface area contributed by atoms with Crippen LogP contribution in [0.3, 0.4) is 0 Å². The van der Waals surface area contributed by atoms with Crippen molar-refractivity contribution >= 4 is 18.5 Å².